The summed E-state index contributed by atoms with van der Waals surface area (Å²) in [6.45, 7) is 0. The fraction of sp³-hybridized carbons (Fsp3) is 0.167. The summed E-state index contributed by atoms with van der Waals surface area (Å²) in [5.41, 5.74) is 5.87. The standard InChI is InChI=1S/C24H23N5OS3/c1-29(2)20-12-10-17(11-13-20)14-25-26-22(30)16-32-24-28-27-23(33-24)31-15-19-8-5-7-18-6-3-4-9-21(18)19/h3-14H,15-16H2,1-2H3,(H,26,30)/b25-14-. The van der Waals surface area contributed by atoms with E-state index in [0.717, 1.165) is 25.7 Å². The van der Waals surface area contributed by atoms with Crippen LogP contribution in [0.2, 0.25) is 0 Å². The highest BCUT2D eigenvalue weighted by Gasteiger charge is 2.09. The van der Waals surface area contributed by atoms with Crippen LogP contribution in [0.15, 0.2) is 80.5 Å². The van der Waals surface area contributed by atoms with Crippen molar-refractivity contribution in [3.63, 3.8) is 0 Å². The summed E-state index contributed by atoms with van der Waals surface area (Å²) in [4.78, 5) is 14.1. The quantitative estimate of drug-likeness (QED) is 0.194. The van der Waals surface area contributed by atoms with E-state index in [2.05, 4.69) is 63.2 Å². The largest absolute Gasteiger partial charge is 0.378 e. The number of thioether (sulfide) groups is 2. The molecule has 0 radical (unpaired) electrons. The van der Waals surface area contributed by atoms with Crippen LogP contribution >= 0.6 is 34.9 Å². The van der Waals surface area contributed by atoms with Crippen molar-refractivity contribution < 1.29 is 4.79 Å². The fourth-order valence-electron chi connectivity index (χ4n) is 3.07. The predicted molar refractivity (Wildman–Crippen MR) is 141 cm³/mol. The summed E-state index contributed by atoms with van der Waals surface area (Å²) < 4.78 is 1.67. The molecule has 0 aliphatic rings. The Morgan fingerprint density at radius 2 is 1.73 bits per heavy atom. The lowest BCUT2D eigenvalue weighted by atomic mass is 10.1. The first-order chi connectivity index (χ1) is 16.1. The van der Waals surface area contributed by atoms with E-state index in [0.29, 0.717) is 0 Å². The van der Waals surface area contributed by atoms with Crippen LogP contribution < -0.4 is 10.3 Å². The van der Waals surface area contributed by atoms with Gasteiger partial charge in [-0.05, 0) is 34.0 Å². The molecule has 0 saturated carbocycles. The maximum Gasteiger partial charge on any atom is 0.250 e. The molecule has 1 aromatic heterocycles. The van der Waals surface area contributed by atoms with Gasteiger partial charge >= 0.3 is 0 Å². The molecule has 0 saturated heterocycles. The molecular weight excluding hydrogens is 470 g/mol. The van der Waals surface area contributed by atoms with Gasteiger partial charge in [0.2, 0.25) is 0 Å². The highest BCUT2D eigenvalue weighted by molar-refractivity contribution is 8.03. The topological polar surface area (TPSA) is 70.5 Å². The van der Waals surface area contributed by atoms with Crippen LogP contribution in [0.3, 0.4) is 0 Å². The number of carbonyl (C=O) groups is 1. The van der Waals surface area contributed by atoms with Gasteiger partial charge in [0.05, 0.1) is 12.0 Å². The number of nitrogens with one attached hydrogen (secondary N) is 1. The molecule has 6 nitrogen and oxygen atoms in total. The van der Waals surface area contributed by atoms with Crippen LogP contribution in [0.1, 0.15) is 11.1 Å². The Kier molecular flexibility index (Phi) is 7.98. The molecule has 0 atom stereocenters. The zero-order valence-electron chi connectivity index (χ0n) is 18.3. The number of carbonyl (C=O) groups excluding carboxylic acids is 1. The summed E-state index contributed by atoms with van der Waals surface area (Å²) in [5, 5.41) is 15.0. The van der Waals surface area contributed by atoms with Gasteiger partial charge in [-0.15, -0.1) is 10.2 Å². The maximum atomic E-state index is 12.1. The molecule has 168 valence electrons. The minimum absolute atomic E-state index is 0.179. The van der Waals surface area contributed by atoms with E-state index in [1.165, 1.54) is 39.4 Å². The van der Waals surface area contributed by atoms with Crippen molar-refractivity contribution in [2.75, 3.05) is 24.7 Å². The molecule has 0 unspecified atom stereocenters. The number of hydrazone groups is 1. The minimum atomic E-state index is -0.179. The fourth-order valence-corrected chi connectivity index (χ4v) is 5.89. The molecule has 1 heterocycles. The lowest BCUT2D eigenvalue weighted by Gasteiger charge is -2.11. The van der Waals surface area contributed by atoms with Crippen LogP contribution in [0, 0.1) is 0 Å². The first kappa shape index (κ1) is 23.3. The molecule has 3 aromatic carbocycles. The van der Waals surface area contributed by atoms with Gasteiger partial charge < -0.3 is 4.90 Å². The molecule has 1 N–H and O–H groups in total. The van der Waals surface area contributed by atoms with Gasteiger partial charge in [-0.3, -0.25) is 4.79 Å². The van der Waals surface area contributed by atoms with Crippen LogP contribution in [-0.2, 0) is 10.5 Å². The van der Waals surface area contributed by atoms with E-state index in [1.54, 1.807) is 18.0 Å². The van der Waals surface area contributed by atoms with Crippen LogP contribution in [0.4, 0.5) is 5.69 Å². The molecule has 0 fully saturated rings. The SMILES string of the molecule is CN(C)c1ccc(/C=N\NC(=O)CSc2nnc(SCc3cccc4ccccc34)s2)cc1. The van der Waals surface area contributed by atoms with E-state index < -0.39 is 0 Å². The first-order valence-corrected chi connectivity index (χ1v) is 13.0. The number of amides is 1. The van der Waals surface area contributed by atoms with Gasteiger partial charge in [0.1, 0.15) is 0 Å². The van der Waals surface area contributed by atoms with Gasteiger partial charge in [-0.2, -0.15) is 5.10 Å². The Labute approximate surface area is 205 Å². The zero-order valence-corrected chi connectivity index (χ0v) is 20.7. The third-order valence-corrected chi connectivity index (χ3v) is 8.00. The van der Waals surface area contributed by atoms with Gasteiger partial charge in [0, 0.05) is 25.5 Å². The van der Waals surface area contributed by atoms with Gasteiger partial charge in [0.25, 0.3) is 5.91 Å². The number of hydrogen-bond donors (Lipinski definition) is 1. The summed E-state index contributed by atoms with van der Waals surface area (Å²) in [6, 6.07) is 22.7. The molecule has 33 heavy (non-hydrogen) atoms. The van der Waals surface area contributed by atoms with E-state index in [-0.39, 0.29) is 11.7 Å². The average Bonchev–Trinajstić information content (AvgIpc) is 3.29. The minimum Gasteiger partial charge on any atom is -0.378 e. The van der Waals surface area contributed by atoms with Crippen LogP contribution in [0.5, 0.6) is 0 Å². The van der Waals surface area contributed by atoms with Gasteiger partial charge in [0.15, 0.2) is 8.68 Å². The molecular formula is C24H23N5OS3. The second-order valence-corrected chi connectivity index (χ2v) is 10.8. The summed E-state index contributed by atoms with van der Waals surface area (Å²) in [6.07, 6.45) is 1.63. The highest BCUT2D eigenvalue weighted by Crippen LogP contribution is 2.32. The smallest absolute Gasteiger partial charge is 0.250 e. The van der Waals surface area contributed by atoms with Crippen molar-refractivity contribution in [2.24, 2.45) is 5.10 Å². The van der Waals surface area contributed by atoms with Gasteiger partial charge in [-0.1, -0.05) is 89.5 Å². The number of nitrogens with zero attached hydrogens (tertiary/aromatic N) is 4. The van der Waals surface area contributed by atoms with Crippen molar-refractivity contribution in [2.45, 2.75) is 14.4 Å². The van der Waals surface area contributed by atoms with E-state index in [4.69, 9.17) is 0 Å². The molecule has 0 bridgehead atoms. The second-order valence-electron chi connectivity index (χ2n) is 7.33. The Balaban J connectivity index is 1.23. The molecule has 9 heteroatoms. The van der Waals surface area contributed by atoms with Crippen molar-refractivity contribution in [3.8, 4) is 0 Å². The monoisotopic (exact) mass is 493 g/mol. The average molecular weight is 494 g/mol. The first-order valence-electron chi connectivity index (χ1n) is 10.2. The summed E-state index contributed by atoms with van der Waals surface area (Å²) >= 11 is 4.53. The van der Waals surface area contributed by atoms with E-state index in [9.17, 15) is 4.79 Å². The van der Waals surface area contributed by atoms with E-state index in [1.807, 2.05) is 43.3 Å². The Morgan fingerprint density at radius 1 is 1.00 bits per heavy atom. The summed E-state index contributed by atoms with van der Waals surface area (Å²) in [5.74, 6) is 0.881. The van der Waals surface area contributed by atoms with Crippen molar-refractivity contribution in [1.82, 2.24) is 15.6 Å². The highest BCUT2D eigenvalue weighted by atomic mass is 32.2. The zero-order chi connectivity index (χ0) is 23.0. The third-order valence-electron chi connectivity index (χ3n) is 4.76. The number of anilines is 1. The number of benzene rings is 3. The van der Waals surface area contributed by atoms with E-state index >= 15 is 0 Å². The van der Waals surface area contributed by atoms with Crippen molar-refractivity contribution >= 4 is 63.4 Å². The number of hydrogen-bond acceptors (Lipinski definition) is 8. The van der Waals surface area contributed by atoms with Gasteiger partial charge in [-0.25, -0.2) is 5.43 Å². The molecule has 0 aliphatic heterocycles. The van der Waals surface area contributed by atoms with Crippen molar-refractivity contribution in [1.29, 1.82) is 0 Å². The maximum absolute atomic E-state index is 12.1. The van der Waals surface area contributed by atoms with Crippen molar-refractivity contribution in [3.05, 3.63) is 77.9 Å². The Bertz CT molecular complexity index is 1250. The van der Waals surface area contributed by atoms with Crippen LogP contribution in [0.25, 0.3) is 10.8 Å². The number of rotatable bonds is 9. The molecule has 4 rings (SSSR count). The lowest BCUT2D eigenvalue weighted by Crippen LogP contribution is -2.19. The van der Waals surface area contributed by atoms with Crippen LogP contribution in [-0.4, -0.2) is 42.2 Å². The summed E-state index contributed by atoms with van der Waals surface area (Å²) in [7, 11) is 3.98. The molecule has 4 aromatic rings. The molecule has 0 aliphatic carbocycles. The second kappa shape index (κ2) is 11.3. The normalized spacial score (nSPS) is 11.2. The molecule has 0 spiro atoms. The number of aromatic nitrogens is 2. The lowest BCUT2D eigenvalue weighted by molar-refractivity contribution is -0.118. The third kappa shape index (κ3) is 6.56. The predicted octanol–water partition coefficient (Wildman–Crippen LogP) is 5.29. The Morgan fingerprint density at radius 3 is 2.52 bits per heavy atom. The molecule has 1 amide bonds. The Hall–Kier alpha value is -2.88. The number of fused-ring (bicyclic) bond motifs is 1.